The molecule has 22 heavy (non-hydrogen) atoms. The summed E-state index contributed by atoms with van der Waals surface area (Å²) in [6.45, 7) is 0.726. The van der Waals surface area contributed by atoms with Gasteiger partial charge in [0.2, 0.25) is 0 Å². The van der Waals surface area contributed by atoms with Crippen LogP contribution in [0.3, 0.4) is 0 Å². The molecule has 0 heterocycles. The summed E-state index contributed by atoms with van der Waals surface area (Å²) in [7, 11) is -2.83. The molecule has 0 spiro atoms. The summed E-state index contributed by atoms with van der Waals surface area (Å²) in [5.41, 5.74) is 5.66. The molecule has 0 radical (unpaired) electrons. The van der Waals surface area contributed by atoms with E-state index in [1.54, 1.807) is 12.1 Å². The van der Waals surface area contributed by atoms with Crippen molar-refractivity contribution >= 4 is 9.73 Å². The van der Waals surface area contributed by atoms with Crippen molar-refractivity contribution in [2.24, 2.45) is 11.7 Å². The van der Waals surface area contributed by atoms with Gasteiger partial charge in [0.25, 0.3) is 0 Å². The Hall–Kier alpha value is -1.07. The molecule has 0 bridgehead atoms. The van der Waals surface area contributed by atoms with Gasteiger partial charge >= 0.3 is 0 Å². The van der Waals surface area contributed by atoms with Crippen LogP contribution in [0.1, 0.15) is 44.9 Å². The first-order valence-electron chi connectivity index (χ1n) is 8.25. The van der Waals surface area contributed by atoms with E-state index in [-0.39, 0.29) is 11.3 Å². The van der Waals surface area contributed by atoms with Crippen molar-refractivity contribution in [3.63, 3.8) is 0 Å². The SMILES string of the molecule is N=S(=O)(CC1(N)CC1)c1cccc(OCC2CCCCC2)c1. The minimum absolute atomic E-state index is 0.256. The van der Waals surface area contributed by atoms with Crippen LogP contribution in [0.4, 0.5) is 0 Å². The molecule has 3 N–H and O–H groups in total. The van der Waals surface area contributed by atoms with E-state index < -0.39 is 9.73 Å². The molecule has 1 unspecified atom stereocenters. The Balaban J connectivity index is 1.64. The highest BCUT2D eigenvalue weighted by atomic mass is 32.2. The molecule has 0 saturated heterocycles. The van der Waals surface area contributed by atoms with Gasteiger partial charge in [0.1, 0.15) is 5.75 Å². The lowest BCUT2D eigenvalue weighted by Crippen LogP contribution is -2.31. The van der Waals surface area contributed by atoms with Crippen LogP contribution in [0.2, 0.25) is 0 Å². The van der Waals surface area contributed by atoms with Gasteiger partial charge in [-0.25, -0.2) is 8.99 Å². The summed E-state index contributed by atoms with van der Waals surface area (Å²) in [6.07, 6.45) is 8.17. The van der Waals surface area contributed by atoms with Crippen LogP contribution in [0.15, 0.2) is 29.2 Å². The number of rotatable bonds is 6. The molecule has 2 fully saturated rings. The highest BCUT2D eigenvalue weighted by Gasteiger charge is 2.41. The second-order valence-electron chi connectivity index (χ2n) is 6.97. The van der Waals surface area contributed by atoms with Gasteiger partial charge in [0.15, 0.2) is 0 Å². The number of benzene rings is 1. The maximum atomic E-state index is 12.6. The molecule has 3 rings (SSSR count). The van der Waals surface area contributed by atoms with Gasteiger partial charge in [-0.3, -0.25) is 0 Å². The average Bonchev–Trinajstić information content (AvgIpc) is 3.23. The summed E-state index contributed by atoms with van der Waals surface area (Å²) < 4.78 is 26.7. The first kappa shape index (κ1) is 15.8. The topological polar surface area (TPSA) is 76.2 Å². The highest BCUT2D eigenvalue weighted by Crippen LogP contribution is 2.35. The van der Waals surface area contributed by atoms with E-state index in [0.717, 1.165) is 25.2 Å². The second kappa shape index (κ2) is 6.20. The molecule has 4 nitrogen and oxygen atoms in total. The molecule has 0 aromatic heterocycles. The van der Waals surface area contributed by atoms with Gasteiger partial charge in [0, 0.05) is 5.54 Å². The zero-order valence-electron chi connectivity index (χ0n) is 13.1. The molecule has 1 atom stereocenters. The normalized spacial score (nSPS) is 23.7. The van der Waals surface area contributed by atoms with Crippen LogP contribution in [0, 0.1) is 10.7 Å². The van der Waals surface area contributed by atoms with E-state index in [0.29, 0.717) is 10.8 Å². The van der Waals surface area contributed by atoms with E-state index in [4.69, 9.17) is 15.3 Å². The second-order valence-corrected chi connectivity index (χ2v) is 9.08. The highest BCUT2D eigenvalue weighted by molar-refractivity contribution is 7.92. The van der Waals surface area contributed by atoms with Gasteiger partial charge in [-0.1, -0.05) is 25.3 Å². The van der Waals surface area contributed by atoms with Crippen LogP contribution in [-0.2, 0) is 9.73 Å². The molecular weight excluding hydrogens is 296 g/mol. The van der Waals surface area contributed by atoms with Crippen LogP contribution in [0.25, 0.3) is 0 Å². The minimum atomic E-state index is -2.83. The minimum Gasteiger partial charge on any atom is -0.493 e. The third kappa shape index (κ3) is 4.02. The zero-order valence-corrected chi connectivity index (χ0v) is 13.9. The molecule has 2 aliphatic rings. The van der Waals surface area contributed by atoms with Crippen LogP contribution in [0.5, 0.6) is 5.75 Å². The summed E-state index contributed by atoms with van der Waals surface area (Å²) in [6, 6.07) is 7.24. The van der Waals surface area contributed by atoms with E-state index >= 15 is 0 Å². The Labute approximate surface area is 133 Å². The molecule has 2 aliphatic carbocycles. The van der Waals surface area contributed by atoms with Crippen molar-refractivity contribution in [1.29, 1.82) is 4.78 Å². The summed E-state index contributed by atoms with van der Waals surface area (Å²) in [5.74, 6) is 1.62. The predicted octanol–water partition coefficient (Wildman–Crippen LogP) is 3.54. The van der Waals surface area contributed by atoms with Crippen molar-refractivity contribution in [3.8, 4) is 5.75 Å². The molecule has 0 amide bonds. The largest absolute Gasteiger partial charge is 0.493 e. The van der Waals surface area contributed by atoms with Crippen molar-refractivity contribution in [1.82, 2.24) is 0 Å². The quantitative estimate of drug-likeness (QED) is 0.841. The van der Waals surface area contributed by atoms with Crippen LogP contribution >= 0.6 is 0 Å². The molecule has 1 aromatic carbocycles. The molecule has 2 saturated carbocycles. The lowest BCUT2D eigenvalue weighted by atomic mass is 9.90. The summed E-state index contributed by atoms with van der Waals surface area (Å²) >= 11 is 0. The van der Waals surface area contributed by atoms with Crippen LogP contribution < -0.4 is 10.5 Å². The number of ether oxygens (including phenoxy) is 1. The summed E-state index contributed by atoms with van der Waals surface area (Å²) in [4.78, 5) is 0.547. The van der Waals surface area contributed by atoms with Crippen LogP contribution in [-0.4, -0.2) is 22.1 Å². The smallest absolute Gasteiger partial charge is 0.120 e. The standard InChI is InChI=1S/C17H26N2O2S/c18-17(9-10-17)13-22(19,20)16-8-4-7-15(11-16)21-12-14-5-2-1-3-6-14/h4,7-8,11,14,19H,1-3,5-6,9-10,12-13,18H2. The Morgan fingerprint density at radius 2 is 2.00 bits per heavy atom. The molecule has 0 aliphatic heterocycles. The lowest BCUT2D eigenvalue weighted by molar-refractivity contribution is 0.208. The van der Waals surface area contributed by atoms with E-state index in [1.807, 2.05) is 12.1 Å². The van der Waals surface area contributed by atoms with Gasteiger partial charge in [-0.2, -0.15) is 0 Å². The lowest BCUT2D eigenvalue weighted by Gasteiger charge is -2.22. The maximum Gasteiger partial charge on any atom is 0.120 e. The Kier molecular flexibility index (Phi) is 4.46. The Morgan fingerprint density at radius 1 is 1.27 bits per heavy atom. The molecule has 1 aromatic rings. The Bertz CT molecular complexity index is 617. The fraction of sp³-hybridized carbons (Fsp3) is 0.647. The maximum absolute atomic E-state index is 12.6. The van der Waals surface area contributed by atoms with Gasteiger partial charge < -0.3 is 10.5 Å². The van der Waals surface area contributed by atoms with Crippen molar-refractivity contribution in [2.75, 3.05) is 12.4 Å². The average molecular weight is 322 g/mol. The van der Waals surface area contributed by atoms with Gasteiger partial charge in [-0.15, -0.1) is 0 Å². The first-order chi connectivity index (χ1) is 10.5. The zero-order chi connectivity index (χ0) is 15.6. The summed E-state index contributed by atoms with van der Waals surface area (Å²) in [5, 5.41) is 0. The van der Waals surface area contributed by atoms with Gasteiger partial charge in [0.05, 0.1) is 27.0 Å². The van der Waals surface area contributed by atoms with Crippen molar-refractivity contribution < 1.29 is 8.95 Å². The number of nitrogens with one attached hydrogen (secondary N) is 1. The van der Waals surface area contributed by atoms with E-state index in [2.05, 4.69) is 0 Å². The van der Waals surface area contributed by atoms with E-state index in [9.17, 15) is 4.21 Å². The molecule has 122 valence electrons. The van der Waals surface area contributed by atoms with Crippen molar-refractivity contribution in [2.45, 2.75) is 55.4 Å². The Morgan fingerprint density at radius 3 is 2.68 bits per heavy atom. The molecular formula is C17H26N2O2S. The third-order valence-electron chi connectivity index (χ3n) is 4.78. The fourth-order valence-electron chi connectivity index (χ4n) is 3.13. The number of hydrogen-bond acceptors (Lipinski definition) is 4. The number of hydrogen-bond donors (Lipinski definition) is 2. The first-order valence-corrected chi connectivity index (χ1v) is 9.98. The fourth-order valence-corrected chi connectivity index (χ4v) is 5.00. The van der Waals surface area contributed by atoms with Crippen molar-refractivity contribution in [3.05, 3.63) is 24.3 Å². The molecule has 5 heteroatoms. The monoisotopic (exact) mass is 322 g/mol. The van der Waals surface area contributed by atoms with E-state index in [1.165, 1.54) is 32.1 Å². The predicted molar refractivity (Wildman–Crippen MR) is 88.7 cm³/mol. The third-order valence-corrected chi connectivity index (χ3v) is 6.78. The number of nitrogens with two attached hydrogens (primary N) is 1. The van der Waals surface area contributed by atoms with Gasteiger partial charge in [-0.05, 0) is 49.8 Å².